The van der Waals surface area contributed by atoms with Gasteiger partial charge in [-0.1, -0.05) is 6.07 Å². The van der Waals surface area contributed by atoms with Crippen molar-refractivity contribution >= 4 is 15.9 Å². The minimum absolute atomic E-state index is 0.0291. The third-order valence-corrected chi connectivity index (χ3v) is 6.12. The highest BCUT2D eigenvalue weighted by Gasteiger charge is 2.34. The van der Waals surface area contributed by atoms with Crippen LogP contribution < -0.4 is 4.90 Å². The molecule has 1 aliphatic rings. The van der Waals surface area contributed by atoms with Crippen LogP contribution in [0.1, 0.15) is 6.92 Å². The van der Waals surface area contributed by atoms with Crippen molar-refractivity contribution in [3.63, 3.8) is 0 Å². The second-order valence-electron chi connectivity index (χ2n) is 5.97. The lowest BCUT2D eigenvalue weighted by Gasteiger charge is -2.34. The molecule has 1 N–H and O–H groups in total. The van der Waals surface area contributed by atoms with Crippen LogP contribution in [-0.2, 0) is 14.8 Å². The van der Waals surface area contributed by atoms with Crippen molar-refractivity contribution in [2.45, 2.75) is 17.9 Å². The molecular weight excluding hydrogens is 321 g/mol. The molecule has 0 unspecified atom stereocenters. The number of piperazine rings is 1. The van der Waals surface area contributed by atoms with Crippen molar-refractivity contribution in [3.8, 4) is 0 Å². The Kier molecular flexibility index (Phi) is 5.38. The number of hydrogen-bond donors (Lipinski definition) is 1. The first-order valence-electron chi connectivity index (χ1n) is 7.55. The lowest BCUT2D eigenvalue weighted by Crippen LogP contribution is -3.19. The van der Waals surface area contributed by atoms with E-state index in [-0.39, 0.29) is 16.8 Å². The first kappa shape index (κ1) is 17.8. The van der Waals surface area contributed by atoms with Gasteiger partial charge in [-0.25, -0.2) is 12.8 Å². The second kappa shape index (κ2) is 6.94. The Morgan fingerprint density at radius 2 is 1.91 bits per heavy atom. The van der Waals surface area contributed by atoms with E-state index in [2.05, 4.69) is 0 Å². The van der Waals surface area contributed by atoms with Gasteiger partial charge in [-0.2, -0.15) is 4.31 Å². The van der Waals surface area contributed by atoms with Crippen LogP contribution in [0.15, 0.2) is 29.2 Å². The number of nitrogens with zero attached hydrogens (tertiary/aromatic N) is 2. The van der Waals surface area contributed by atoms with Crippen LogP contribution in [0.25, 0.3) is 0 Å². The number of nitrogens with one attached hydrogen (secondary N) is 1. The molecule has 1 aromatic rings. The molecule has 8 heteroatoms. The molecule has 1 aliphatic heterocycles. The Hall–Kier alpha value is -1.51. The quantitative estimate of drug-likeness (QED) is 0.777. The largest absolute Gasteiger partial charge is 0.344 e. The Morgan fingerprint density at radius 3 is 2.43 bits per heavy atom. The normalized spacial score (nSPS) is 18.6. The van der Waals surface area contributed by atoms with Gasteiger partial charge < -0.3 is 9.80 Å². The number of amides is 1. The van der Waals surface area contributed by atoms with E-state index < -0.39 is 15.8 Å². The summed E-state index contributed by atoms with van der Waals surface area (Å²) in [6, 6.07) is 4.84. The van der Waals surface area contributed by atoms with Gasteiger partial charge in [0, 0.05) is 14.1 Å². The molecule has 128 valence electrons. The monoisotopic (exact) mass is 344 g/mol. The zero-order valence-electron chi connectivity index (χ0n) is 13.6. The summed E-state index contributed by atoms with van der Waals surface area (Å²) in [5.41, 5.74) is 0. The number of halogens is 1. The van der Waals surface area contributed by atoms with E-state index in [1.165, 1.54) is 22.5 Å². The minimum atomic E-state index is -3.69. The summed E-state index contributed by atoms with van der Waals surface area (Å²) in [5, 5.41) is 0. The first-order valence-corrected chi connectivity index (χ1v) is 8.99. The van der Waals surface area contributed by atoms with Gasteiger partial charge in [0.15, 0.2) is 6.04 Å². The van der Waals surface area contributed by atoms with Gasteiger partial charge in [-0.05, 0) is 25.1 Å². The van der Waals surface area contributed by atoms with Crippen molar-refractivity contribution in [3.05, 3.63) is 30.1 Å². The molecule has 0 saturated carbocycles. The topological polar surface area (TPSA) is 62.1 Å². The van der Waals surface area contributed by atoms with Crippen LogP contribution in [0.5, 0.6) is 0 Å². The van der Waals surface area contributed by atoms with Crippen molar-refractivity contribution in [2.24, 2.45) is 0 Å². The molecule has 1 atom stereocenters. The number of benzene rings is 1. The summed E-state index contributed by atoms with van der Waals surface area (Å²) in [4.78, 5) is 14.6. The Balaban J connectivity index is 2.05. The molecule has 6 nitrogen and oxygen atoms in total. The van der Waals surface area contributed by atoms with Crippen LogP contribution in [0.4, 0.5) is 4.39 Å². The zero-order valence-corrected chi connectivity index (χ0v) is 14.4. The number of likely N-dealkylation sites (N-methyl/N-ethyl adjacent to an activating group) is 1. The van der Waals surface area contributed by atoms with E-state index in [1.54, 1.807) is 19.0 Å². The fraction of sp³-hybridized carbons (Fsp3) is 0.533. The lowest BCUT2D eigenvalue weighted by molar-refractivity contribution is -0.917. The first-order chi connectivity index (χ1) is 10.7. The fourth-order valence-electron chi connectivity index (χ4n) is 2.79. The van der Waals surface area contributed by atoms with Crippen LogP contribution in [0.3, 0.4) is 0 Å². The van der Waals surface area contributed by atoms with E-state index in [9.17, 15) is 17.6 Å². The predicted molar refractivity (Wildman–Crippen MR) is 84.0 cm³/mol. The maximum absolute atomic E-state index is 13.3. The highest BCUT2D eigenvalue weighted by atomic mass is 32.2. The van der Waals surface area contributed by atoms with Crippen LogP contribution in [0.2, 0.25) is 0 Å². The summed E-state index contributed by atoms with van der Waals surface area (Å²) in [7, 11) is -0.263. The summed E-state index contributed by atoms with van der Waals surface area (Å²) in [5.74, 6) is -0.540. The van der Waals surface area contributed by atoms with Gasteiger partial charge in [0.2, 0.25) is 10.0 Å². The highest BCUT2D eigenvalue weighted by Crippen LogP contribution is 2.16. The van der Waals surface area contributed by atoms with Gasteiger partial charge in [-0.3, -0.25) is 4.79 Å². The highest BCUT2D eigenvalue weighted by molar-refractivity contribution is 7.89. The molecular formula is C15H23FN3O3S+. The predicted octanol–water partition coefficient (Wildman–Crippen LogP) is -0.808. The third kappa shape index (κ3) is 3.88. The van der Waals surface area contributed by atoms with Crippen molar-refractivity contribution in [1.29, 1.82) is 0 Å². The van der Waals surface area contributed by atoms with Crippen LogP contribution >= 0.6 is 0 Å². The van der Waals surface area contributed by atoms with Gasteiger partial charge in [0.05, 0.1) is 31.1 Å². The Morgan fingerprint density at radius 1 is 1.30 bits per heavy atom. The number of carbonyl (C=O) groups is 1. The average Bonchev–Trinajstić information content (AvgIpc) is 2.53. The summed E-state index contributed by atoms with van der Waals surface area (Å²) in [6.07, 6.45) is 0. The number of sulfonamides is 1. The summed E-state index contributed by atoms with van der Waals surface area (Å²) < 4.78 is 39.7. The molecule has 2 rings (SSSR count). The smallest absolute Gasteiger partial charge is 0.280 e. The van der Waals surface area contributed by atoms with Gasteiger partial charge in [0.25, 0.3) is 5.91 Å². The van der Waals surface area contributed by atoms with Crippen molar-refractivity contribution in [2.75, 3.05) is 40.3 Å². The molecule has 1 fully saturated rings. The Bertz CT molecular complexity index is 670. The molecule has 0 spiro atoms. The molecule has 23 heavy (non-hydrogen) atoms. The maximum atomic E-state index is 13.3. The van der Waals surface area contributed by atoms with E-state index in [0.717, 1.165) is 11.0 Å². The molecule has 1 amide bonds. The van der Waals surface area contributed by atoms with E-state index in [4.69, 9.17) is 0 Å². The number of rotatable bonds is 4. The molecule has 0 aromatic heterocycles. The molecule has 1 heterocycles. The number of hydrogen-bond acceptors (Lipinski definition) is 3. The fourth-order valence-corrected chi connectivity index (χ4v) is 4.26. The van der Waals surface area contributed by atoms with Gasteiger partial charge >= 0.3 is 0 Å². The van der Waals surface area contributed by atoms with Crippen molar-refractivity contribution in [1.82, 2.24) is 9.21 Å². The molecule has 0 aliphatic carbocycles. The summed E-state index contributed by atoms with van der Waals surface area (Å²) >= 11 is 0. The summed E-state index contributed by atoms with van der Waals surface area (Å²) in [6.45, 7) is 3.59. The van der Waals surface area contributed by atoms with Gasteiger partial charge in [-0.15, -0.1) is 0 Å². The van der Waals surface area contributed by atoms with E-state index in [1.807, 2.05) is 6.92 Å². The van der Waals surface area contributed by atoms with E-state index >= 15 is 0 Å². The number of carbonyl (C=O) groups excluding carboxylic acids is 1. The SMILES string of the molecule is C[C@@H](C(=O)N(C)C)[NH+]1CCN(S(=O)(=O)c2cccc(F)c2)CC1. The van der Waals surface area contributed by atoms with Crippen LogP contribution in [-0.4, -0.2) is 69.8 Å². The number of quaternary nitrogens is 1. The molecule has 0 bridgehead atoms. The second-order valence-corrected chi connectivity index (χ2v) is 7.91. The molecule has 0 radical (unpaired) electrons. The third-order valence-electron chi connectivity index (χ3n) is 4.22. The molecule has 1 aromatic carbocycles. The molecule has 1 saturated heterocycles. The van der Waals surface area contributed by atoms with E-state index in [0.29, 0.717) is 26.2 Å². The average molecular weight is 344 g/mol. The standard InChI is InChI=1S/C15H22FN3O3S/c1-12(15(20)17(2)3)18-7-9-19(10-8-18)23(21,22)14-6-4-5-13(16)11-14/h4-6,11-12H,7-10H2,1-3H3/p+1/t12-/m0/s1. The van der Waals surface area contributed by atoms with Gasteiger partial charge in [0.1, 0.15) is 5.82 Å². The minimum Gasteiger partial charge on any atom is -0.344 e. The van der Waals surface area contributed by atoms with Crippen LogP contribution in [0, 0.1) is 5.82 Å². The lowest BCUT2D eigenvalue weighted by atomic mass is 10.2. The van der Waals surface area contributed by atoms with Crippen molar-refractivity contribution < 1.29 is 22.5 Å². The maximum Gasteiger partial charge on any atom is 0.280 e. The zero-order chi connectivity index (χ0) is 17.2. The Labute approximate surface area is 136 Å².